The van der Waals surface area contributed by atoms with E-state index >= 15 is 0 Å². The Morgan fingerprint density at radius 2 is 1.96 bits per heavy atom. The van der Waals surface area contributed by atoms with E-state index in [2.05, 4.69) is 20.7 Å². The predicted molar refractivity (Wildman–Crippen MR) is 104 cm³/mol. The zero-order valence-corrected chi connectivity index (χ0v) is 15.1. The van der Waals surface area contributed by atoms with E-state index in [1.165, 1.54) is 22.0 Å². The molecule has 25 heavy (non-hydrogen) atoms. The molecule has 8 heteroatoms. The smallest absolute Gasteiger partial charge is 0.264 e. The Morgan fingerprint density at radius 3 is 2.72 bits per heavy atom. The van der Waals surface area contributed by atoms with Crippen molar-refractivity contribution in [2.75, 3.05) is 11.3 Å². The minimum atomic E-state index is 0.366. The van der Waals surface area contributed by atoms with Gasteiger partial charge in [-0.2, -0.15) is 5.10 Å². The van der Waals surface area contributed by atoms with Gasteiger partial charge in [0.05, 0.1) is 6.21 Å². The number of hydrazone groups is 1. The second kappa shape index (κ2) is 8.04. The average molecular weight is 373 g/mol. The number of nitrogens with one attached hydrogen (secondary N) is 1. The van der Waals surface area contributed by atoms with Crippen LogP contribution in [0.3, 0.4) is 0 Å². The summed E-state index contributed by atoms with van der Waals surface area (Å²) in [5, 5.41) is 13.5. The van der Waals surface area contributed by atoms with Crippen LogP contribution in [0.1, 0.15) is 16.7 Å². The first-order valence-electron chi connectivity index (χ1n) is 7.56. The molecular weight excluding hydrogens is 356 g/mol. The number of anilines is 1. The highest BCUT2D eigenvalue weighted by Gasteiger charge is 2.10. The Bertz CT molecular complexity index is 875. The Hall–Kier alpha value is -2.51. The van der Waals surface area contributed by atoms with Crippen molar-refractivity contribution in [3.63, 3.8) is 0 Å². The highest BCUT2D eigenvalue weighted by molar-refractivity contribution is 7.98. The molecule has 3 rings (SSSR count). The lowest BCUT2D eigenvalue weighted by molar-refractivity contribution is 0.847. The van der Waals surface area contributed by atoms with Gasteiger partial charge in [-0.05, 0) is 24.1 Å². The van der Waals surface area contributed by atoms with E-state index in [4.69, 9.17) is 17.4 Å². The van der Waals surface area contributed by atoms with Crippen molar-refractivity contribution in [3.8, 4) is 0 Å². The Morgan fingerprint density at radius 1 is 1.20 bits per heavy atom. The number of nitrogens with two attached hydrogens (primary N) is 1. The van der Waals surface area contributed by atoms with E-state index in [-0.39, 0.29) is 0 Å². The standard InChI is InChI=1S/C17H17ClN6S/c1-12-6-8-13(9-7-12)10-20-21-16-22-23-17(24(16)19)25-11-14-4-2-3-5-15(14)18/h2-10H,11,19H2,1H3,(H,21,22)/b20-10+. The molecule has 3 N–H and O–H groups in total. The summed E-state index contributed by atoms with van der Waals surface area (Å²) < 4.78 is 1.37. The molecule has 0 radical (unpaired) electrons. The SMILES string of the molecule is Cc1ccc(/C=N/Nc2nnc(SCc3ccccc3Cl)n2N)cc1. The van der Waals surface area contributed by atoms with Gasteiger partial charge < -0.3 is 5.84 Å². The summed E-state index contributed by atoms with van der Waals surface area (Å²) in [6.07, 6.45) is 1.70. The van der Waals surface area contributed by atoms with E-state index < -0.39 is 0 Å². The van der Waals surface area contributed by atoms with E-state index in [0.717, 1.165) is 16.1 Å². The van der Waals surface area contributed by atoms with E-state index in [1.54, 1.807) is 6.21 Å². The first-order chi connectivity index (χ1) is 12.1. The number of thioether (sulfide) groups is 1. The van der Waals surface area contributed by atoms with Gasteiger partial charge in [-0.25, -0.2) is 10.1 Å². The van der Waals surface area contributed by atoms with Crippen molar-refractivity contribution in [2.45, 2.75) is 17.8 Å². The number of halogens is 1. The first-order valence-corrected chi connectivity index (χ1v) is 8.92. The number of hydrogen-bond acceptors (Lipinski definition) is 6. The molecule has 6 nitrogen and oxygen atoms in total. The van der Waals surface area contributed by atoms with Crippen LogP contribution in [0.4, 0.5) is 5.95 Å². The normalized spacial score (nSPS) is 11.1. The lowest BCUT2D eigenvalue weighted by atomic mass is 10.2. The van der Waals surface area contributed by atoms with E-state index in [1.807, 2.05) is 55.5 Å². The Kier molecular flexibility index (Phi) is 5.57. The van der Waals surface area contributed by atoms with Crippen molar-refractivity contribution in [1.29, 1.82) is 0 Å². The first kappa shape index (κ1) is 17.3. The van der Waals surface area contributed by atoms with Crippen LogP contribution in [0.25, 0.3) is 0 Å². The van der Waals surface area contributed by atoms with Gasteiger partial charge in [-0.15, -0.1) is 10.2 Å². The number of hydrogen-bond donors (Lipinski definition) is 2. The lowest BCUT2D eigenvalue weighted by Gasteiger charge is -2.04. The van der Waals surface area contributed by atoms with Gasteiger partial charge in [0.15, 0.2) is 0 Å². The number of aromatic nitrogens is 3. The second-order valence-electron chi connectivity index (χ2n) is 5.34. The van der Waals surface area contributed by atoms with Gasteiger partial charge in [-0.1, -0.05) is 71.4 Å². The zero-order chi connectivity index (χ0) is 17.6. The summed E-state index contributed by atoms with van der Waals surface area (Å²) in [4.78, 5) is 0. The van der Waals surface area contributed by atoms with Gasteiger partial charge in [0, 0.05) is 10.8 Å². The minimum Gasteiger partial charge on any atom is -0.334 e. The number of nitrogens with zero attached hydrogens (tertiary/aromatic N) is 4. The van der Waals surface area contributed by atoms with Crippen LogP contribution in [-0.2, 0) is 5.75 Å². The summed E-state index contributed by atoms with van der Waals surface area (Å²) in [5.41, 5.74) is 6.00. The fourth-order valence-electron chi connectivity index (χ4n) is 2.03. The van der Waals surface area contributed by atoms with Crippen LogP contribution in [0.5, 0.6) is 0 Å². The molecule has 0 aliphatic heterocycles. The molecule has 0 saturated heterocycles. The molecule has 0 aliphatic carbocycles. The third-order valence-corrected chi connectivity index (χ3v) is 4.80. The molecule has 0 unspecified atom stereocenters. The molecule has 1 aromatic heterocycles. The van der Waals surface area contributed by atoms with E-state index in [0.29, 0.717) is 16.9 Å². The van der Waals surface area contributed by atoms with E-state index in [9.17, 15) is 0 Å². The van der Waals surface area contributed by atoms with Crippen molar-refractivity contribution in [1.82, 2.24) is 14.9 Å². The van der Waals surface area contributed by atoms with Crippen LogP contribution < -0.4 is 11.3 Å². The van der Waals surface area contributed by atoms with Crippen molar-refractivity contribution in [2.24, 2.45) is 5.10 Å². The zero-order valence-electron chi connectivity index (χ0n) is 13.6. The molecule has 0 atom stereocenters. The Labute approximate surface area is 155 Å². The average Bonchev–Trinajstić information content (AvgIpc) is 2.96. The molecule has 1 heterocycles. The third kappa shape index (κ3) is 4.52. The van der Waals surface area contributed by atoms with Crippen molar-refractivity contribution >= 4 is 35.5 Å². The number of benzene rings is 2. The highest BCUT2D eigenvalue weighted by atomic mass is 35.5. The largest absolute Gasteiger partial charge is 0.334 e. The number of nitrogen functional groups attached to an aromatic ring is 1. The number of aryl methyl sites for hydroxylation is 1. The summed E-state index contributed by atoms with van der Waals surface area (Å²) >= 11 is 7.61. The van der Waals surface area contributed by atoms with Crippen LogP contribution in [-0.4, -0.2) is 21.1 Å². The summed E-state index contributed by atoms with van der Waals surface area (Å²) in [6, 6.07) is 15.7. The van der Waals surface area contributed by atoms with Gasteiger partial charge in [0.25, 0.3) is 5.95 Å². The molecule has 3 aromatic rings. The molecule has 0 amide bonds. The molecule has 0 fully saturated rings. The molecule has 0 saturated carbocycles. The van der Waals surface area contributed by atoms with Crippen LogP contribution in [0.2, 0.25) is 5.02 Å². The van der Waals surface area contributed by atoms with Gasteiger partial charge in [-0.3, -0.25) is 0 Å². The summed E-state index contributed by atoms with van der Waals surface area (Å²) in [7, 11) is 0. The molecule has 0 bridgehead atoms. The topological polar surface area (TPSA) is 81.1 Å². The van der Waals surface area contributed by atoms with Crippen molar-refractivity contribution < 1.29 is 0 Å². The third-order valence-electron chi connectivity index (χ3n) is 3.43. The van der Waals surface area contributed by atoms with Crippen LogP contribution in [0, 0.1) is 6.92 Å². The quantitative estimate of drug-likeness (QED) is 0.298. The molecule has 128 valence electrons. The maximum atomic E-state index is 6.15. The van der Waals surface area contributed by atoms with Gasteiger partial charge in [0.1, 0.15) is 0 Å². The lowest BCUT2D eigenvalue weighted by Crippen LogP contribution is -2.13. The molecule has 2 aromatic carbocycles. The summed E-state index contributed by atoms with van der Waals surface area (Å²) in [6.45, 7) is 2.04. The predicted octanol–water partition coefficient (Wildman–Crippen LogP) is 3.69. The number of rotatable bonds is 6. The van der Waals surface area contributed by atoms with Gasteiger partial charge in [0.2, 0.25) is 5.16 Å². The fourth-order valence-corrected chi connectivity index (χ4v) is 3.17. The monoisotopic (exact) mass is 372 g/mol. The summed E-state index contributed by atoms with van der Waals surface area (Å²) in [5.74, 6) is 7.03. The minimum absolute atomic E-state index is 0.366. The fraction of sp³-hybridized carbons (Fsp3) is 0.118. The highest BCUT2D eigenvalue weighted by Crippen LogP contribution is 2.25. The maximum Gasteiger partial charge on any atom is 0.264 e. The van der Waals surface area contributed by atoms with Gasteiger partial charge >= 0.3 is 0 Å². The maximum absolute atomic E-state index is 6.15. The van der Waals surface area contributed by atoms with Crippen LogP contribution >= 0.6 is 23.4 Å². The van der Waals surface area contributed by atoms with Crippen molar-refractivity contribution in [3.05, 3.63) is 70.2 Å². The second-order valence-corrected chi connectivity index (χ2v) is 6.69. The van der Waals surface area contributed by atoms with Crippen LogP contribution in [0.15, 0.2) is 58.8 Å². The molecule has 0 aliphatic rings. The molecular formula is C17H17ClN6S. The molecule has 0 spiro atoms. The Balaban J connectivity index is 1.61.